The van der Waals surface area contributed by atoms with Gasteiger partial charge in [-0.05, 0) is 221 Å². The first-order valence-corrected chi connectivity index (χ1v) is 41.0. The predicted molar refractivity (Wildman–Crippen MR) is 485 cm³/mol. The summed E-state index contributed by atoms with van der Waals surface area (Å²) in [5.41, 5.74) is 35.6. The highest BCUT2D eigenvalue weighted by Crippen LogP contribution is 2.67. The number of nitrogens with zero attached hydrogens (tertiary/aromatic N) is 2. The van der Waals surface area contributed by atoms with Crippen molar-refractivity contribution in [3.63, 3.8) is 0 Å². The van der Waals surface area contributed by atoms with Crippen molar-refractivity contribution in [3.05, 3.63) is 468 Å². The van der Waals surface area contributed by atoms with Crippen LogP contribution in [0.2, 0.25) is 0 Å². The molecule has 0 amide bonds. The van der Waals surface area contributed by atoms with E-state index in [1.54, 1.807) is 0 Å². The van der Waals surface area contributed by atoms with Crippen molar-refractivity contribution in [2.75, 3.05) is 9.80 Å². The molecule has 6 nitrogen and oxygen atoms in total. The van der Waals surface area contributed by atoms with Crippen LogP contribution in [0.4, 0.5) is 34.1 Å². The van der Waals surface area contributed by atoms with Crippen LogP contribution in [-0.2, 0) is 16.2 Å². The van der Waals surface area contributed by atoms with Gasteiger partial charge in [0, 0.05) is 83.3 Å². The summed E-state index contributed by atoms with van der Waals surface area (Å²) >= 11 is 0. The molecule has 18 aromatic carbocycles. The second kappa shape index (κ2) is 26.4. The van der Waals surface area contributed by atoms with E-state index in [-0.39, 0.29) is 5.41 Å². The molecule has 2 aromatic heterocycles. The summed E-state index contributed by atoms with van der Waals surface area (Å²) in [6.07, 6.45) is 0. The number of hydrogen-bond acceptors (Lipinski definition) is 6. The van der Waals surface area contributed by atoms with Gasteiger partial charge in [0.15, 0.2) is 0 Å². The van der Waals surface area contributed by atoms with Crippen molar-refractivity contribution >= 4 is 78.0 Å². The molecule has 0 unspecified atom stereocenters. The number of anilines is 6. The van der Waals surface area contributed by atoms with E-state index in [4.69, 9.17) is 18.3 Å². The minimum Gasteiger partial charge on any atom is -0.457 e. The summed E-state index contributed by atoms with van der Waals surface area (Å²) in [4.78, 5) is 4.73. The van der Waals surface area contributed by atoms with E-state index >= 15 is 0 Å². The molecule has 3 aliphatic carbocycles. The van der Waals surface area contributed by atoms with Crippen LogP contribution in [0.25, 0.3) is 111 Å². The van der Waals surface area contributed by atoms with Gasteiger partial charge >= 0.3 is 0 Å². The summed E-state index contributed by atoms with van der Waals surface area (Å²) in [5, 5.41) is 4.51. The maximum absolute atomic E-state index is 6.84. The highest BCUT2D eigenvalue weighted by molar-refractivity contribution is 6.22. The molecule has 0 radical (unpaired) electrons. The Bertz CT molecular complexity index is 7450. The van der Waals surface area contributed by atoms with Crippen LogP contribution in [-0.4, -0.2) is 0 Å². The van der Waals surface area contributed by atoms with Crippen LogP contribution < -0.4 is 19.3 Å². The molecular formula is C113H74N2O4. The molecule has 6 heteroatoms. The van der Waals surface area contributed by atoms with Gasteiger partial charge in [0.1, 0.15) is 45.3 Å². The van der Waals surface area contributed by atoms with Crippen LogP contribution in [0.3, 0.4) is 0 Å². The number of hydrogen-bond donors (Lipinski definition) is 0. The summed E-state index contributed by atoms with van der Waals surface area (Å²) in [6, 6.07) is 148. The average Bonchev–Trinajstić information content (AvgIpc) is 1.52. The number of ether oxygens (including phenoxy) is 2. The Morgan fingerprint density at radius 1 is 0.193 bits per heavy atom. The zero-order valence-corrected chi connectivity index (χ0v) is 65.3. The Labute approximate surface area is 689 Å². The Morgan fingerprint density at radius 2 is 0.513 bits per heavy atom. The first-order valence-electron chi connectivity index (χ1n) is 41.0. The Balaban J connectivity index is 0.000000136. The van der Waals surface area contributed by atoms with Crippen LogP contribution >= 0.6 is 0 Å². The largest absolute Gasteiger partial charge is 0.457 e. The van der Waals surface area contributed by atoms with Crippen LogP contribution in [0, 0.1) is 0 Å². The second-order valence-electron chi connectivity index (χ2n) is 32.3. The molecule has 560 valence electrons. The monoisotopic (exact) mass is 1520 g/mol. The minimum atomic E-state index is -0.564. The summed E-state index contributed by atoms with van der Waals surface area (Å²) in [7, 11) is 0. The SMILES string of the molecule is CC1(C)c2ccccc2-c2ccc(N(c3ccccc3)c3cccc(-c4cccc5oc6ccc7c(c6c45)-c4ccccc4C74c5ccccc5Oc5ccccc54)c3)cc21.c1ccc(-c2ccc(N(c3ccccc3)c3cccc(-c4cccc5oc6ccc7c(c6c45)-c4ccccc4C74c5ccccc5Oc5ccccc54)c3)cc2)cc1. The zero-order valence-electron chi connectivity index (χ0n) is 65.3. The molecule has 2 spiro atoms. The molecule has 20 aromatic rings. The topological polar surface area (TPSA) is 51.2 Å². The van der Waals surface area contributed by atoms with E-state index in [0.717, 1.165) is 146 Å². The lowest BCUT2D eigenvalue weighted by molar-refractivity contribution is 0.436. The number of rotatable bonds is 9. The number of furan rings is 2. The molecule has 2 aliphatic heterocycles. The minimum absolute atomic E-state index is 0.115. The molecule has 5 aliphatic rings. The van der Waals surface area contributed by atoms with Crippen LogP contribution in [0.1, 0.15) is 69.5 Å². The lowest BCUT2D eigenvalue weighted by atomic mass is 9.66. The van der Waals surface area contributed by atoms with Crippen molar-refractivity contribution < 1.29 is 18.3 Å². The molecule has 0 saturated carbocycles. The van der Waals surface area contributed by atoms with Gasteiger partial charge in [-0.15, -0.1) is 0 Å². The van der Waals surface area contributed by atoms with Crippen molar-refractivity contribution in [1.82, 2.24) is 0 Å². The van der Waals surface area contributed by atoms with E-state index in [1.165, 1.54) is 77.9 Å². The molecule has 4 heterocycles. The average molecular weight is 1520 g/mol. The predicted octanol–water partition coefficient (Wildman–Crippen LogP) is 30.4. The van der Waals surface area contributed by atoms with Gasteiger partial charge in [-0.1, -0.05) is 305 Å². The fourth-order valence-corrected chi connectivity index (χ4v) is 20.9. The Kier molecular flexibility index (Phi) is 15.1. The van der Waals surface area contributed by atoms with Crippen LogP contribution in [0.15, 0.2) is 421 Å². The van der Waals surface area contributed by atoms with Gasteiger partial charge in [0.25, 0.3) is 0 Å². The quantitative estimate of drug-likeness (QED) is 0.144. The summed E-state index contributed by atoms with van der Waals surface area (Å²) in [5.74, 6) is 3.54. The fourth-order valence-electron chi connectivity index (χ4n) is 20.9. The van der Waals surface area contributed by atoms with Crippen molar-refractivity contribution in [2.24, 2.45) is 0 Å². The highest BCUT2D eigenvalue weighted by Gasteiger charge is 2.54. The number of fused-ring (bicyclic) bond motifs is 29. The standard InChI is InChI=1S/C58H39NO2.C55H35NO2/c1-57(2)44-23-8-6-20-41(44)42-31-30-39(35-49(42)57)59(37-17-4-3-5-18-37)38-19-14-16-36(34-38)40-22-15-29-52-55(40)56-53(61-52)33-32-48-54(56)43-21-7-9-24-45(43)58(48)46-25-10-12-27-50(46)60-51-28-13-11-26-47(51)58;1-3-15-36(16-4-1)37-29-31-40(32-30-37)56(39-18-5-2-6-19-39)41-20-13-17-38(35-41)42-22-14-28-50-53(42)54-51(58-50)34-33-47-52(54)43-21-7-8-23-44(43)55(47)45-24-9-11-26-48(45)57-49-27-12-10-25-46(49)55/h3-35H,1-2H3;1-35H. The molecule has 25 rings (SSSR count). The third-order valence-corrected chi connectivity index (χ3v) is 25.9. The van der Waals surface area contributed by atoms with Gasteiger partial charge in [-0.25, -0.2) is 0 Å². The van der Waals surface area contributed by atoms with Gasteiger partial charge in [0.2, 0.25) is 0 Å². The van der Waals surface area contributed by atoms with Crippen LogP contribution in [0.5, 0.6) is 23.0 Å². The first-order chi connectivity index (χ1) is 58.8. The molecule has 0 atom stereocenters. The molecule has 0 N–H and O–H groups in total. The van der Waals surface area contributed by atoms with Gasteiger partial charge in [-0.3, -0.25) is 0 Å². The first kappa shape index (κ1) is 68.2. The molecule has 119 heavy (non-hydrogen) atoms. The van der Waals surface area contributed by atoms with E-state index in [9.17, 15) is 0 Å². The summed E-state index contributed by atoms with van der Waals surface area (Å²) < 4.78 is 26.9. The normalized spacial score (nSPS) is 13.8. The smallest absolute Gasteiger partial charge is 0.136 e. The van der Waals surface area contributed by atoms with Gasteiger partial charge in [-0.2, -0.15) is 0 Å². The molecule has 0 saturated heterocycles. The Hall–Kier alpha value is -15.2. The Morgan fingerprint density at radius 3 is 0.983 bits per heavy atom. The van der Waals surface area contributed by atoms with E-state index in [1.807, 2.05) is 0 Å². The van der Waals surface area contributed by atoms with E-state index in [0.29, 0.717) is 0 Å². The lowest BCUT2D eigenvalue weighted by Gasteiger charge is -2.39. The number of benzene rings is 18. The van der Waals surface area contributed by atoms with Gasteiger partial charge in [0.05, 0.1) is 10.8 Å². The molecule has 0 bridgehead atoms. The van der Waals surface area contributed by atoms with E-state index < -0.39 is 10.8 Å². The maximum Gasteiger partial charge on any atom is 0.136 e. The van der Waals surface area contributed by atoms with Crippen molar-refractivity contribution in [3.8, 4) is 89.8 Å². The lowest BCUT2D eigenvalue weighted by Crippen LogP contribution is -2.32. The molecular weight excluding hydrogens is 1450 g/mol. The highest BCUT2D eigenvalue weighted by atomic mass is 16.5. The van der Waals surface area contributed by atoms with Crippen molar-refractivity contribution in [1.29, 1.82) is 0 Å². The second-order valence-corrected chi connectivity index (χ2v) is 32.3. The summed E-state index contributed by atoms with van der Waals surface area (Å²) in [6.45, 7) is 4.70. The van der Waals surface area contributed by atoms with Gasteiger partial charge < -0.3 is 28.1 Å². The van der Waals surface area contributed by atoms with Crippen molar-refractivity contribution in [2.45, 2.75) is 30.1 Å². The number of para-hydroxylation sites is 6. The zero-order chi connectivity index (χ0) is 78.7. The third-order valence-electron chi connectivity index (χ3n) is 25.9. The fraction of sp³-hybridized carbons (Fsp3) is 0.0442. The third kappa shape index (κ3) is 10.0. The molecule has 0 fully saturated rings. The maximum atomic E-state index is 6.84. The van der Waals surface area contributed by atoms with E-state index in [2.05, 4.69) is 436 Å².